The normalized spacial score (nSPS) is 18.6. The van der Waals surface area contributed by atoms with E-state index in [9.17, 15) is 5.11 Å². The van der Waals surface area contributed by atoms with Crippen molar-refractivity contribution in [3.63, 3.8) is 0 Å². The fraction of sp³-hybridized carbons (Fsp3) is 0.375. The number of aliphatic hydroxyl groups is 1. The molecule has 0 amide bonds. The fourth-order valence-electron chi connectivity index (χ4n) is 2.74. The first kappa shape index (κ1) is 12.6. The highest BCUT2D eigenvalue weighted by molar-refractivity contribution is 5.63. The number of rotatable bonds is 3. The highest BCUT2D eigenvalue weighted by atomic mass is 16.3. The number of nitrogens with zero attached hydrogens (tertiary/aromatic N) is 3. The first-order chi connectivity index (χ1) is 10.2. The third kappa shape index (κ3) is 2.45. The molecule has 0 radical (unpaired) electrons. The smallest absolute Gasteiger partial charge is 0.128 e. The molecule has 0 bridgehead atoms. The number of hydrogen-bond acceptors (Lipinski definition) is 5. The van der Waals surface area contributed by atoms with Gasteiger partial charge in [-0.1, -0.05) is 0 Å². The maximum Gasteiger partial charge on any atom is 0.128 e. The second-order valence-electron chi connectivity index (χ2n) is 5.95. The van der Waals surface area contributed by atoms with E-state index in [1.54, 1.807) is 0 Å². The van der Waals surface area contributed by atoms with Gasteiger partial charge in [-0.05, 0) is 48.6 Å². The van der Waals surface area contributed by atoms with E-state index in [1.807, 2.05) is 24.4 Å². The fourth-order valence-corrected chi connectivity index (χ4v) is 2.74. The SMILES string of the molecule is Nc1cc(C2CC2)cc(-c2ccc(N3CC(O)C3)nc2)n1. The molecule has 2 aromatic heterocycles. The van der Waals surface area contributed by atoms with Gasteiger partial charge < -0.3 is 15.7 Å². The number of pyridine rings is 2. The average molecular weight is 282 g/mol. The third-order valence-electron chi connectivity index (χ3n) is 4.15. The van der Waals surface area contributed by atoms with Crippen molar-refractivity contribution >= 4 is 11.6 Å². The Hall–Kier alpha value is -2.14. The molecule has 2 aromatic rings. The lowest BCUT2D eigenvalue weighted by Gasteiger charge is -2.36. The Bertz CT molecular complexity index is 660. The number of hydrogen-bond donors (Lipinski definition) is 2. The van der Waals surface area contributed by atoms with Crippen LogP contribution in [0.4, 0.5) is 11.6 Å². The average Bonchev–Trinajstić information content (AvgIpc) is 3.28. The molecule has 0 unspecified atom stereocenters. The molecule has 3 N–H and O–H groups in total. The molecular weight excluding hydrogens is 264 g/mol. The molecule has 21 heavy (non-hydrogen) atoms. The summed E-state index contributed by atoms with van der Waals surface area (Å²) in [6.07, 6.45) is 4.11. The van der Waals surface area contributed by atoms with Crippen LogP contribution >= 0.6 is 0 Å². The Morgan fingerprint density at radius 1 is 1.19 bits per heavy atom. The minimum Gasteiger partial charge on any atom is -0.389 e. The summed E-state index contributed by atoms with van der Waals surface area (Å²) in [5, 5.41) is 9.34. The zero-order valence-corrected chi connectivity index (χ0v) is 11.7. The van der Waals surface area contributed by atoms with Crippen LogP contribution in [0.5, 0.6) is 0 Å². The van der Waals surface area contributed by atoms with Crippen LogP contribution in [-0.4, -0.2) is 34.3 Å². The van der Waals surface area contributed by atoms with Crippen LogP contribution < -0.4 is 10.6 Å². The van der Waals surface area contributed by atoms with Gasteiger partial charge in [-0.3, -0.25) is 0 Å². The van der Waals surface area contributed by atoms with Gasteiger partial charge in [0.25, 0.3) is 0 Å². The summed E-state index contributed by atoms with van der Waals surface area (Å²) in [5.41, 5.74) is 9.07. The second-order valence-corrected chi connectivity index (χ2v) is 5.95. The number of nitrogen functional groups attached to an aromatic ring is 1. The maximum atomic E-state index is 9.34. The van der Waals surface area contributed by atoms with Crippen LogP contribution in [0.1, 0.15) is 24.3 Å². The Balaban J connectivity index is 1.61. The number of β-amino-alcohol motifs (C(OH)–C–C–N with tert-alkyl or cyclic N) is 1. The van der Waals surface area contributed by atoms with Gasteiger partial charge in [0.2, 0.25) is 0 Å². The van der Waals surface area contributed by atoms with Crippen LogP contribution in [0.3, 0.4) is 0 Å². The molecule has 5 nitrogen and oxygen atoms in total. The lowest BCUT2D eigenvalue weighted by atomic mass is 10.1. The van der Waals surface area contributed by atoms with Crippen molar-refractivity contribution < 1.29 is 5.11 Å². The second kappa shape index (κ2) is 4.70. The topological polar surface area (TPSA) is 75.3 Å². The van der Waals surface area contributed by atoms with Gasteiger partial charge in [0.15, 0.2) is 0 Å². The highest BCUT2D eigenvalue weighted by Gasteiger charge is 2.26. The van der Waals surface area contributed by atoms with E-state index in [0.29, 0.717) is 24.8 Å². The van der Waals surface area contributed by atoms with Crippen molar-refractivity contribution in [2.24, 2.45) is 0 Å². The van der Waals surface area contributed by atoms with Crippen molar-refractivity contribution in [2.45, 2.75) is 24.9 Å². The van der Waals surface area contributed by atoms with Gasteiger partial charge in [0, 0.05) is 24.8 Å². The Morgan fingerprint density at radius 2 is 2.00 bits per heavy atom. The van der Waals surface area contributed by atoms with Gasteiger partial charge in [0.1, 0.15) is 11.6 Å². The minimum atomic E-state index is -0.219. The summed E-state index contributed by atoms with van der Waals surface area (Å²) < 4.78 is 0. The first-order valence-electron chi connectivity index (χ1n) is 7.36. The zero-order valence-electron chi connectivity index (χ0n) is 11.7. The largest absolute Gasteiger partial charge is 0.389 e. The molecule has 108 valence electrons. The van der Waals surface area contributed by atoms with Crippen LogP contribution in [0.15, 0.2) is 30.5 Å². The lowest BCUT2D eigenvalue weighted by molar-refractivity contribution is 0.141. The Kier molecular flexibility index (Phi) is 2.82. The van der Waals surface area contributed by atoms with Crippen molar-refractivity contribution in [1.29, 1.82) is 0 Å². The van der Waals surface area contributed by atoms with E-state index in [1.165, 1.54) is 18.4 Å². The summed E-state index contributed by atoms with van der Waals surface area (Å²) in [6.45, 7) is 1.32. The van der Waals surface area contributed by atoms with Gasteiger partial charge in [-0.25, -0.2) is 9.97 Å². The van der Waals surface area contributed by atoms with E-state index in [4.69, 9.17) is 5.73 Å². The van der Waals surface area contributed by atoms with Crippen molar-refractivity contribution in [3.8, 4) is 11.3 Å². The van der Waals surface area contributed by atoms with E-state index < -0.39 is 0 Å². The molecule has 1 aliphatic carbocycles. The van der Waals surface area contributed by atoms with Gasteiger partial charge in [-0.2, -0.15) is 0 Å². The monoisotopic (exact) mass is 282 g/mol. The third-order valence-corrected chi connectivity index (χ3v) is 4.15. The summed E-state index contributed by atoms with van der Waals surface area (Å²) in [5.74, 6) is 2.13. The Morgan fingerprint density at radius 3 is 2.62 bits per heavy atom. The lowest BCUT2D eigenvalue weighted by Crippen LogP contribution is -2.51. The molecular formula is C16H18N4O. The number of aliphatic hydroxyl groups excluding tert-OH is 1. The quantitative estimate of drug-likeness (QED) is 0.897. The molecule has 2 aliphatic rings. The molecule has 0 atom stereocenters. The van der Waals surface area contributed by atoms with Gasteiger partial charge >= 0.3 is 0 Å². The van der Waals surface area contributed by atoms with Crippen molar-refractivity contribution in [3.05, 3.63) is 36.0 Å². The van der Waals surface area contributed by atoms with E-state index >= 15 is 0 Å². The highest BCUT2D eigenvalue weighted by Crippen LogP contribution is 2.41. The summed E-state index contributed by atoms with van der Waals surface area (Å²) >= 11 is 0. The molecule has 3 heterocycles. The zero-order chi connectivity index (χ0) is 14.4. The molecule has 1 saturated carbocycles. The summed E-state index contributed by atoms with van der Waals surface area (Å²) in [6, 6.07) is 8.09. The van der Waals surface area contributed by atoms with Gasteiger partial charge in [0.05, 0.1) is 11.8 Å². The van der Waals surface area contributed by atoms with Crippen LogP contribution in [0, 0.1) is 0 Å². The molecule has 0 aromatic carbocycles. The maximum absolute atomic E-state index is 9.34. The van der Waals surface area contributed by atoms with E-state index in [0.717, 1.165) is 17.1 Å². The summed E-state index contributed by atoms with van der Waals surface area (Å²) in [7, 11) is 0. The van der Waals surface area contributed by atoms with Crippen LogP contribution in [0.25, 0.3) is 11.3 Å². The Labute approximate surface area is 123 Å². The minimum absolute atomic E-state index is 0.219. The molecule has 1 saturated heterocycles. The molecule has 4 rings (SSSR count). The predicted molar refractivity (Wildman–Crippen MR) is 82.1 cm³/mol. The van der Waals surface area contributed by atoms with Crippen LogP contribution in [0.2, 0.25) is 0 Å². The van der Waals surface area contributed by atoms with Crippen molar-refractivity contribution in [1.82, 2.24) is 9.97 Å². The molecule has 2 fully saturated rings. The summed E-state index contributed by atoms with van der Waals surface area (Å²) in [4.78, 5) is 10.9. The standard InChI is InChI=1S/C16H18N4O/c17-15-6-12(10-1-2-10)5-14(19-15)11-3-4-16(18-7-11)20-8-13(21)9-20/h3-7,10,13,21H,1-2,8-9H2,(H2,17,19). The first-order valence-corrected chi connectivity index (χ1v) is 7.36. The molecule has 0 spiro atoms. The number of anilines is 2. The molecule has 1 aliphatic heterocycles. The number of nitrogens with two attached hydrogens (primary N) is 1. The van der Waals surface area contributed by atoms with Crippen molar-refractivity contribution in [2.75, 3.05) is 23.7 Å². The van der Waals surface area contributed by atoms with Crippen LogP contribution in [-0.2, 0) is 0 Å². The van der Waals surface area contributed by atoms with E-state index in [2.05, 4.69) is 20.9 Å². The number of aromatic nitrogens is 2. The van der Waals surface area contributed by atoms with Gasteiger partial charge in [-0.15, -0.1) is 0 Å². The molecule has 5 heteroatoms. The van der Waals surface area contributed by atoms with E-state index in [-0.39, 0.29) is 6.10 Å². The predicted octanol–water partition coefficient (Wildman–Crippen LogP) is 1.78.